The van der Waals surface area contributed by atoms with Crippen molar-refractivity contribution in [1.82, 2.24) is 10.6 Å². The molecule has 2 unspecified atom stereocenters. The van der Waals surface area contributed by atoms with Gasteiger partial charge in [0, 0.05) is 6.04 Å². The van der Waals surface area contributed by atoms with Crippen molar-refractivity contribution in [3.8, 4) is 0 Å². The second-order valence-corrected chi connectivity index (χ2v) is 5.28. The first-order chi connectivity index (χ1) is 9.20. The van der Waals surface area contributed by atoms with Crippen molar-refractivity contribution in [3.63, 3.8) is 0 Å². The Morgan fingerprint density at radius 1 is 1.37 bits per heavy atom. The normalized spacial score (nSPS) is 23.9. The van der Waals surface area contributed by atoms with Gasteiger partial charge in [-0.05, 0) is 24.3 Å². The van der Waals surface area contributed by atoms with E-state index in [9.17, 15) is 9.90 Å². The van der Waals surface area contributed by atoms with Gasteiger partial charge in [0.1, 0.15) is 0 Å². The fourth-order valence-corrected chi connectivity index (χ4v) is 2.65. The first-order valence-corrected chi connectivity index (χ1v) is 6.93. The summed E-state index contributed by atoms with van der Waals surface area (Å²) in [7, 11) is 0. The molecule has 0 radical (unpaired) electrons. The number of benzene rings is 1. The van der Waals surface area contributed by atoms with E-state index in [-0.39, 0.29) is 24.7 Å². The molecule has 19 heavy (non-hydrogen) atoms. The summed E-state index contributed by atoms with van der Waals surface area (Å²) in [6, 6.07) is 9.24. The van der Waals surface area contributed by atoms with E-state index >= 15 is 0 Å². The lowest BCUT2D eigenvalue weighted by Crippen LogP contribution is -2.45. The summed E-state index contributed by atoms with van der Waals surface area (Å²) in [6.07, 6.45) is 3.39. The molecule has 0 aromatic heterocycles. The van der Waals surface area contributed by atoms with Gasteiger partial charge in [0.25, 0.3) is 0 Å². The summed E-state index contributed by atoms with van der Waals surface area (Å²) in [6.45, 7) is 2.07. The van der Waals surface area contributed by atoms with Gasteiger partial charge in [0.2, 0.25) is 0 Å². The number of carbonyl (C=O) groups is 1. The van der Waals surface area contributed by atoms with Crippen LogP contribution in [0.5, 0.6) is 0 Å². The zero-order valence-electron chi connectivity index (χ0n) is 11.3. The Kier molecular flexibility index (Phi) is 4.80. The monoisotopic (exact) mass is 262 g/mol. The third-order valence-corrected chi connectivity index (χ3v) is 3.87. The molecule has 3 atom stereocenters. The lowest BCUT2D eigenvalue weighted by Gasteiger charge is -2.21. The average Bonchev–Trinajstić information content (AvgIpc) is 2.82. The summed E-state index contributed by atoms with van der Waals surface area (Å²) in [5.74, 6) is 0.537. The third kappa shape index (κ3) is 3.70. The summed E-state index contributed by atoms with van der Waals surface area (Å²) >= 11 is 0. The van der Waals surface area contributed by atoms with E-state index in [1.165, 1.54) is 12.8 Å². The second-order valence-electron chi connectivity index (χ2n) is 5.28. The Bertz CT molecular complexity index is 408. The van der Waals surface area contributed by atoms with E-state index in [1.807, 2.05) is 30.3 Å². The minimum absolute atomic E-state index is 0.0996. The number of urea groups is 1. The standard InChI is InChI=1S/C15H22N2O2/c1-11-6-5-9-13(11)16-15(19)17-14(10-18)12-7-3-2-4-8-12/h2-4,7-8,11,13-14,18H,5-6,9-10H2,1H3,(H2,16,17,19)/t11?,13?,14-/m1/s1. The largest absolute Gasteiger partial charge is 0.394 e. The van der Waals surface area contributed by atoms with Gasteiger partial charge in [-0.1, -0.05) is 43.7 Å². The van der Waals surface area contributed by atoms with E-state index in [0.717, 1.165) is 12.0 Å². The molecule has 1 aromatic carbocycles. The summed E-state index contributed by atoms with van der Waals surface area (Å²) in [4.78, 5) is 12.0. The Labute approximate surface area is 114 Å². The number of nitrogens with one attached hydrogen (secondary N) is 2. The summed E-state index contributed by atoms with van der Waals surface area (Å²) in [5.41, 5.74) is 0.916. The average molecular weight is 262 g/mol. The molecule has 104 valence electrons. The van der Waals surface area contributed by atoms with Crippen LogP contribution >= 0.6 is 0 Å². The number of amides is 2. The zero-order chi connectivity index (χ0) is 13.7. The predicted octanol–water partition coefficient (Wildman–Crippen LogP) is 2.21. The minimum atomic E-state index is -0.349. The molecule has 1 aliphatic rings. The first kappa shape index (κ1) is 13.9. The molecule has 0 aliphatic heterocycles. The predicted molar refractivity (Wildman–Crippen MR) is 74.7 cm³/mol. The van der Waals surface area contributed by atoms with Gasteiger partial charge < -0.3 is 15.7 Å². The molecule has 1 aromatic rings. The van der Waals surface area contributed by atoms with Crippen molar-refractivity contribution in [2.75, 3.05) is 6.61 Å². The molecule has 0 heterocycles. The number of aliphatic hydroxyl groups excluding tert-OH is 1. The maximum absolute atomic E-state index is 12.0. The van der Waals surface area contributed by atoms with Crippen molar-refractivity contribution in [1.29, 1.82) is 0 Å². The molecule has 3 N–H and O–H groups in total. The highest BCUT2D eigenvalue weighted by Crippen LogP contribution is 2.24. The van der Waals surface area contributed by atoms with Crippen LogP contribution in [0.15, 0.2) is 30.3 Å². The third-order valence-electron chi connectivity index (χ3n) is 3.87. The number of hydrogen-bond acceptors (Lipinski definition) is 2. The number of hydrogen-bond donors (Lipinski definition) is 3. The fourth-order valence-electron chi connectivity index (χ4n) is 2.65. The van der Waals surface area contributed by atoms with Gasteiger partial charge in [0.15, 0.2) is 0 Å². The molecule has 2 amide bonds. The number of carbonyl (C=O) groups excluding carboxylic acids is 1. The fraction of sp³-hybridized carbons (Fsp3) is 0.533. The highest BCUT2D eigenvalue weighted by atomic mass is 16.3. The molecular weight excluding hydrogens is 240 g/mol. The van der Waals surface area contributed by atoms with Crippen molar-refractivity contribution in [2.45, 2.75) is 38.3 Å². The molecule has 1 aliphatic carbocycles. The lowest BCUT2D eigenvalue weighted by molar-refractivity contribution is 0.212. The maximum atomic E-state index is 12.0. The topological polar surface area (TPSA) is 61.4 Å². The van der Waals surface area contributed by atoms with Crippen molar-refractivity contribution in [2.24, 2.45) is 5.92 Å². The van der Waals surface area contributed by atoms with E-state index < -0.39 is 0 Å². The molecule has 0 saturated heterocycles. The molecule has 4 heteroatoms. The summed E-state index contributed by atoms with van der Waals surface area (Å²) in [5, 5.41) is 15.2. The first-order valence-electron chi connectivity index (χ1n) is 6.93. The number of aliphatic hydroxyl groups is 1. The Balaban J connectivity index is 1.89. The SMILES string of the molecule is CC1CCCC1NC(=O)N[C@H](CO)c1ccccc1. The van der Waals surface area contributed by atoms with Crippen LogP contribution in [-0.2, 0) is 0 Å². The smallest absolute Gasteiger partial charge is 0.315 e. The molecule has 2 rings (SSSR count). The van der Waals surface area contributed by atoms with Crippen LogP contribution in [0.1, 0.15) is 37.8 Å². The van der Waals surface area contributed by atoms with Crippen LogP contribution in [-0.4, -0.2) is 23.8 Å². The van der Waals surface area contributed by atoms with Crippen molar-refractivity contribution < 1.29 is 9.90 Å². The van der Waals surface area contributed by atoms with E-state index in [1.54, 1.807) is 0 Å². The van der Waals surface area contributed by atoms with Gasteiger partial charge in [-0.2, -0.15) is 0 Å². The number of rotatable bonds is 4. The van der Waals surface area contributed by atoms with Crippen LogP contribution in [0.25, 0.3) is 0 Å². The quantitative estimate of drug-likeness (QED) is 0.779. The van der Waals surface area contributed by atoms with Gasteiger partial charge in [-0.3, -0.25) is 0 Å². The van der Waals surface area contributed by atoms with Crippen LogP contribution in [0.2, 0.25) is 0 Å². The molecule has 1 fully saturated rings. The van der Waals surface area contributed by atoms with E-state index in [4.69, 9.17) is 0 Å². The lowest BCUT2D eigenvalue weighted by atomic mass is 10.1. The zero-order valence-corrected chi connectivity index (χ0v) is 11.3. The highest BCUT2D eigenvalue weighted by Gasteiger charge is 2.25. The highest BCUT2D eigenvalue weighted by molar-refractivity contribution is 5.74. The van der Waals surface area contributed by atoms with Crippen molar-refractivity contribution >= 4 is 6.03 Å². The van der Waals surface area contributed by atoms with Crippen LogP contribution < -0.4 is 10.6 Å². The van der Waals surface area contributed by atoms with Crippen LogP contribution in [0.3, 0.4) is 0 Å². The molecule has 4 nitrogen and oxygen atoms in total. The van der Waals surface area contributed by atoms with Gasteiger partial charge in [-0.25, -0.2) is 4.79 Å². The van der Waals surface area contributed by atoms with E-state index in [0.29, 0.717) is 5.92 Å². The van der Waals surface area contributed by atoms with Gasteiger partial charge >= 0.3 is 6.03 Å². The minimum Gasteiger partial charge on any atom is -0.394 e. The van der Waals surface area contributed by atoms with Gasteiger partial charge in [0.05, 0.1) is 12.6 Å². The van der Waals surface area contributed by atoms with E-state index in [2.05, 4.69) is 17.6 Å². The summed E-state index contributed by atoms with van der Waals surface area (Å²) < 4.78 is 0. The Hall–Kier alpha value is -1.55. The van der Waals surface area contributed by atoms with Gasteiger partial charge in [-0.15, -0.1) is 0 Å². The van der Waals surface area contributed by atoms with Crippen LogP contribution in [0.4, 0.5) is 4.79 Å². The Morgan fingerprint density at radius 2 is 2.11 bits per heavy atom. The maximum Gasteiger partial charge on any atom is 0.315 e. The van der Waals surface area contributed by atoms with Crippen LogP contribution in [0, 0.1) is 5.92 Å². The molecule has 0 bridgehead atoms. The molecular formula is C15H22N2O2. The Morgan fingerprint density at radius 3 is 2.68 bits per heavy atom. The van der Waals surface area contributed by atoms with Crippen molar-refractivity contribution in [3.05, 3.63) is 35.9 Å². The molecule has 0 spiro atoms. The molecule has 1 saturated carbocycles. The second kappa shape index (κ2) is 6.57.